The van der Waals surface area contributed by atoms with Crippen LogP contribution in [-0.2, 0) is 0 Å². The van der Waals surface area contributed by atoms with Gasteiger partial charge in [-0.1, -0.05) is 6.07 Å². The SMILES string of the molecule is O=C(O)c1c(N(CC2CC2)C2CC2)nc2ccccn12. The molecule has 2 heterocycles. The Morgan fingerprint density at radius 3 is 2.80 bits per heavy atom. The molecule has 0 spiro atoms. The van der Waals surface area contributed by atoms with Crippen LogP contribution < -0.4 is 4.90 Å². The lowest BCUT2D eigenvalue weighted by atomic mass is 10.3. The maximum Gasteiger partial charge on any atom is 0.356 e. The molecule has 2 aliphatic carbocycles. The quantitative estimate of drug-likeness (QED) is 0.907. The number of aromatic carboxylic acids is 1. The van der Waals surface area contributed by atoms with Gasteiger partial charge in [0, 0.05) is 18.8 Å². The summed E-state index contributed by atoms with van der Waals surface area (Å²) in [6.07, 6.45) is 6.61. The average Bonchev–Trinajstić information content (AvgIpc) is 3.31. The van der Waals surface area contributed by atoms with E-state index in [1.54, 1.807) is 10.6 Å². The molecule has 20 heavy (non-hydrogen) atoms. The minimum absolute atomic E-state index is 0.299. The van der Waals surface area contributed by atoms with Gasteiger partial charge in [0.1, 0.15) is 5.65 Å². The summed E-state index contributed by atoms with van der Waals surface area (Å²) in [5, 5.41) is 9.57. The number of nitrogens with zero attached hydrogens (tertiary/aromatic N) is 3. The van der Waals surface area contributed by atoms with Crippen molar-refractivity contribution in [2.75, 3.05) is 11.4 Å². The zero-order chi connectivity index (χ0) is 13.7. The smallest absolute Gasteiger partial charge is 0.356 e. The fourth-order valence-corrected chi connectivity index (χ4v) is 2.76. The predicted molar refractivity (Wildman–Crippen MR) is 75.2 cm³/mol. The summed E-state index contributed by atoms with van der Waals surface area (Å²) >= 11 is 0. The predicted octanol–water partition coefficient (Wildman–Crippen LogP) is 2.41. The highest BCUT2D eigenvalue weighted by Crippen LogP contribution is 2.38. The van der Waals surface area contributed by atoms with Crippen molar-refractivity contribution >= 4 is 17.4 Å². The van der Waals surface area contributed by atoms with Gasteiger partial charge in [-0.2, -0.15) is 0 Å². The van der Waals surface area contributed by atoms with E-state index in [0.29, 0.717) is 23.2 Å². The molecule has 2 fully saturated rings. The van der Waals surface area contributed by atoms with Crippen LogP contribution in [0.4, 0.5) is 5.82 Å². The molecule has 0 amide bonds. The molecular weight excluding hydrogens is 254 g/mol. The number of carboxylic acids is 1. The van der Waals surface area contributed by atoms with E-state index < -0.39 is 5.97 Å². The number of rotatable bonds is 5. The van der Waals surface area contributed by atoms with E-state index in [0.717, 1.165) is 25.3 Å². The summed E-state index contributed by atoms with van der Waals surface area (Å²) in [5.41, 5.74) is 1.01. The zero-order valence-corrected chi connectivity index (χ0v) is 11.2. The molecule has 0 unspecified atom stereocenters. The first-order valence-electron chi connectivity index (χ1n) is 7.21. The maximum absolute atomic E-state index is 11.7. The lowest BCUT2D eigenvalue weighted by Crippen LogP contribution is -2.30. The van der Waals surface area contributed by atoms with Crippen LogP contribution in [-0.4, -0.2) is 33.0 Å². The average molecular weight is 271 g/mol. The number of carboxylic acid groups (broad SMARTS) is 1. The lowest BCUT2D eigenvalue weighted by molar-refractivity contribution is 0.0690. The third kappa shape index (κ3) is 1.94. The summed E-state index contributed by atoms with van der Waals surface area (Å²) in [5.74, 6) is 0.473. The van der Waals surface area contributed by atoms with Crippen molar-refractivity contribution in [3.05, 3.63) is 30.1 Å². The maximum atomic E-state index is 11.7. The molecule has 4 rings (SSSR count). The van der Waals surface area contributed by atoms with Crippen LogP contribution in [0.25, 0.3) is 5.65 Å². The number of anilines is 1. The second-order valence-corrected chi connectivity index (χ2v) is 5.84. The molecule has 2 aliphatic rings. The molecule has 0 aromatic carbocycles. The summed E-state index contributed by atoms with van der Waals surface area (Å²) < 4.78 is 1.68. The molecule has 0 aliphatic heterocycles. The van der Waals surface area contributed by atoms with Gasteiger partial charge in [0.2, 0.25) is 0 Å². The Kier molecular flexibility index (Phi) is 2.49. The summed E-state index contributed by atoms with van der Waals surface area (Å²) in [6.45, 7) is 0.953. The summed E-state index contributed by atoms with van der Waals surface area (Å²) in [6, 6.07) is 6.07. The van der Waals surface area contributed by atoms with Crippen molar-refractivity contribution in [3.63, 3.8) is 0 Å². The van der Waals surface area contributed by atoms with Crippen molar-refractivity contribution in [2.45, 2.75) is 31.7 Å². The molecular formula is C15H17N3O2. The molecule has 5 heteroatoms. The molecule has 5 nitrogen and oxygen atoms in total. The third-order valence-corrected chi connectivity index (χ3v) is 4.13. The van der Waals surface area contributed by atoms with Crippen molar-refractivity contribution in [1.82, 2.24) is 9.38 Å². The van der Waals surface area contributed by atoms with Crippen LogP contribution in [0.1, 0.15) is 36.2 Å². The van der Waals surface area contributed by atoms with E-state index in [4.69, 9.17) is 0 Å². The van der Waals surface area contributed by atoms with E-state index in [2.05, 4.69) is 9.88 Å². The van der Waals surface area contributed by atoms with E-state index in [1.165, 1.54) is 12.8 Å². The molecule has 0 bridgehead atoms. The Hall–Kier alpha value is -2.04. The van der Waals surface area contributed by atoms with E-state index in [9.17, 15) is 9.90 Å². The molecule has 2 aromatic rings. The minimum Gasteiger partial charge on any atom is -0.476 e. The third-order valence-electron chi connectivity index (χ3n) is 4.13. The van der Waals surface area contributed by atoms with Gasteiger partial charge in [-0.05, 0) is 43.7 Å². The normalized spacial score (nSPS) is 18.4. The Balaban J connectivity index is 1.83. The van der Waals surface area contributed by atoms with Gasteiger partial charge >= 0.3 is 5.97 Å². The molecule has 0 saturated heterocycles. The van der Waals surface area contributed by atoms with Crippen molar-refractivity contribution < 1.29 is 9.90 Å². The number of hydrogen-bond acceptors (Lipinski definition) is 3. The van der Waals surface area contributed by atoms with E-state index >= 15 is 0 Å². The Morgan fingerprint density at radius 1 is 1.35 bits per heavy atom. The summed E-state index contributed by atoms with van der Waals surface area (Å²) in [4.78, 5) is 18.5. The van der Waals surface area contributed by atoms with Gasteiger partial charge in [0.15, 0.2) is 11.5 Å². The number of hydrogen-bond donors (Lipinski definition) is 1. The Morgan fingerprint density at radius 2 is 2.15 bits per heavy atom. The first kappa shape index (κ1) is 11.8. The molecule has 2 saturated carbocycles. The van der Waals surface area contributed by atoms with Gasteiger partial charge in [-0.25, -0.2) is 9.78 Å². The number of carbonyl (C=O) groups is 1. The number of aromatic nitrogens is 2. The fraction of sp³-hybridized carbons (Fsp3) is 0.467. The Labute approximate surface area is 116 Å². The van der Waals surface area contributed by atoms with Crippen molar-refractivity contribution in [3.8, 4) is 0 Å². The van der Waals surface area contributed by atoms with Crippen LogP contribution in [0, 0.1) is 5.92 Å². The first-order chi connectivity index (χ1) is 9.74. The largest absolute Gasteiger partial charge is 0.476 e. The van der Waals surface area contributed by atoms with Crippen LogP contribution in [0.15, 0.2) is 24.4 Å². The van der Waals surface area contributed by atoms with Gasteiger partial charge < -0.3 is 10.0 Å². The second-order valence-electron chi connectivity index (χ2n) is 5.84. The Bertz CT molecular complexity index is 671. The van der Waals surface area contributed by atoms with Crippen LogP contribution in [0.5, 0.6) is 0 Å². The molecule has 0 radical (unpaired) electrons. The molecule has 0 atom stereocenters. The number of pyridine rings is 1. The van der Waals surface area contributed by atoms with Gasteiger partial charge in [0.25, 0.3) is 0 Å². The molecule has 2 aromatic heterocycles. The highest BCUT2D eigenvalue weighted by atomic mass is 16.4. The van der Waals surface area contributed by atoms with Crippen molar-refractivity contribution in [2.24, 2.45) is 5.92 Å². The fourth-order valence-electron chi connectivity index (χ4n) is 2.76. The van der Waals surface area contributed by atoms with Crippen LogP contribution in [0.2, 0.25) is 0 Å². The lowest BCUT2D eigenvalue weighted by Gasteiger charge is -2.22. The van der Waals surface area contributed by atoms with Crippen LogP contribution in [0.3, 0.4) is 0 Å². The van der Waals surface area contributed by atoms with Crippen LogP contribution >= 0.6 is 0 Å². The standard InChI is InChI=1S/C15H17N3O2/c19-15(20)13-14(16-12-3-1-2-8-17(12)13)18(11-6-7-11)9-10-4-5-10/h1-3,8,10-11H,4-7,9H2,(H,19,20). The monoisotopic (exact) mass is 271 g/mol. The molecule has 104 valence electrons. The zero-order valence-electron chi connectivity index (χ0n) is 11.2. The molecule has 1 N–H and O–H groups in total. The summed E-state index contributed by atoms with van der Waals surface area (Å²) in [7, 11) is 0. The highest BCUT2D eigenvalue weighted by Gasteiger charge is 2.37. The van der Waals surface area contributed by atoms with Gasteiger partial charge in [-0.3, -0.25) is 4.40 Å². The van der Waals surface area contributed by atoms with Gasteiger partial charge in [0.05, 0.1) is 0 Å². The van der Waals surface area contributed by atoms with Crippen molar-refractivity contribution in [1.29, 1.82) is 0 Å². The first-order valence-corrected chi connectivity index (χ1v) is 7.21. The second kappa shape index (κ2) is 4.23. The number of fused-ring (bicyclic) bond motifs is 1. The highest BCUT2D eigenvalue weighted by molar-refractivity contribution is 5.93. The number of imidazole rings is 1. The minimum atomic E-state index is -0.903. The van der Waals surface area contributed by atoms with E-state index in [-0.39, 0.29) is 0 Å². The van der Waals surface area contributed by atoms with Gasteiger partial charge in [-0.15, -0.1) is 0 Å². The van der Waals surface area contributed by atoms with E-state index in [1.807, 2.05) is 18.2 Å². The topological polar surface area (TPSA) is 57.8 Å².